The monoisotopic (exact) mass is 540 g/mol. The summed E-state index contributed by atoms with van der Waals surface area (Å²) in [7, 11) is 1.98. The van der Waals surface area contributed by atoms with E-state index in [0.717, 1.165) is 31.4 Å². The van der Waals surface area contributed by atoms with Gasteiger partial charge >= 0.3 is 5.97 Å². The van der Waals surface area contributed by atoms with Crippen LogP contribution in [0.4, 0.5) is 0 Å². The molecule has 4 aliphatic carbocycles. The van der Waals surface area contributed by atoms with Gasteiger partial charge in [0.2, 0.25) is 5.76 Å². The van der Waals surface area contributed by atoms with Gasteiger partial charge in [0.1, 0.15) is 0 Å². The van der Waals surface area contributed by atoms with Crippen molar-refractivity contribution in [3.8, 4) is 0 Å². The van der Waals surface area contributed by atoms with Crippen LogP contribution < -0.4 is 0 Å². The second-order valence-corrected chi connectivity index (χ2v) is 13.2. The predicted molar refractivity (Wildman–Crippen MR) is 142 cm³/mol. The number of alkyl halides is 1. The molecule has 3 fully saturated rings. The van der Waals surface area contributed by atoms with Crippen molar-refractivity contribution in [1.82, 2.24) is 9.78 Å². The molecule has 1 N–H and O–H groups in total. The minimum Gasteiger partial charge on any atom is -0.457 e. The zero-order chi connectivity index (χ0) is 27.3. The number of ether oxygens (including phenoxy) is 1. The fourth-order valence-electron chi connectivity index (χ4n) is 9.87. The number of carbonyl (C=O) groups is 2. The molecule has 6 rings (SSSR count). The van der Waals surface area contributed by atoms with Crippen LogP contribution in [0, 0.1) is 34.0 Å². The third-order valence-corrected chi connectivity index (χ3v) is 11.5. The van der Waals surface area contributed by atoms with Gasteiger partial charge in [0, 0.05) is 18.4 Å². The van der Waals surface area contributed by atoms with Gasteiger partial charge < -0.3 is 14.3 Å². The molecular formula is C30H37ClN2O5. The number of Topliss-reactive ketones (excluding diaryl/α,β-unsaturated/α-hetero) is 1. The van der Waals surface area contributed by atoms with Gasteiger partial charge in [-0.1, -0.05) is 33.3 Å². The number of halogens is 1. The zero-order valence-electron chi connectivity index (χ0n) is 22.8. The first-order valence-corrected chi connectivity index (χ1v) is 14.2. The number of ketones is 1. The number of rotatable bonds is 4. The van der Waals surface area contributed by atoms with Crippen LogP contribution >= 0.6 is 11.6 Å². The highest BCUT2D eigenvalue weighted by Crippen LogP contribution is 2.74. The molecule has 0 saturated heterocycles. The van der Waals surface area contributed by atoms with E-state index in [0.29, 0.717) is 6.42 Å². The van der Waals surface area contributed by atoms with E-state index in [9.17, 15) is 14.7 Å². The van der Waals surface area contributed by atoms with Crippen molar-refractivity contribution in [1.29, 1.82) is 0 Å². The van der Waals surface area contributed by atoms with Crippen LogP contribution in [0.2, 0.25) is 0 Å². The first-order valence-electron chi connectivity index (χ1n) is 13.7. The molecule has 0 radical (unpaired) electrons. The lowest BCUT2D eigenvalue weighted by molar-refractivity contribution is -0.207. The lowest BCUT2D eigenvalue weighted by Crippen LogP contribution is -2.67. The van der Waals surface area contributed by atoms with Crippen LogP contribution in [0.15, 0.2) is 34.6 Å². The molecule has 8 heteroatoms. The Morgan fingerprint density at radius 3 is 2.76 bits per heavy atom. The highest BCUT2D eigenvalue weighted by Gasteiger charge is 2.75. The summed E-state index contributed by atoms with van der Waals surface area (Å²) in [5.74, 6) is -1.37. The molecule has 2 heterocycles. The lowest BCUT2D eigenvalue weighted by Gasteiger charge is -2.65. The summed E-state index contributed by atoms with van der Waals surface area (Å²) < 4.78 is 13.5. The molecule has 3 saturated carbocycles. The van der Waals surface area contributed by atoms with Gasteiger partial charge in [-0.2, -0.15) is 5.10 Å². The minimum absolute atomic E-state index is 0.00342. The highest BCUT2D eigenvalue weighted by atomic mass is 35.5. The number of aryl methyl sites for hydroxylation is 1. The first kappa shape index (κ1) is 25.9. The Labute approximate surface area is 228 Å². The second-order valence-electron chi connectivity index (χ2n) is 13.0. The normalized spacial score (nSPS) is 41.4. The largest absolute Gasteiger partial charge is 0.457 e. The molecule has 4 aliphatic rings. The predicted octanol–water partition coefficient (Wildman–Crippen LogP) is 5.21. The number of hydrogen-bond donors (Lipinski definition) is 1. The van der Waals surface area contributed by atoms with Gasteiger partial charge in [-0.25, -0.2) is 4.79 Å². The van der Waals surface area contributed by atoms with Gasteiger partial charge in [-0.3, -0.25) is 9.48 Å². The molecule has 0 amide bonds. The van der Waals surface area contributed by atoms with Crippen molar-refractivity contribution < 1.29 is 23.8 Å². The average molecular weight is 541 g/mol. The van der Waals surface area contributed by atoms with Crippen LogP contribution in [0.5, 0.6) is 0 Å². The Balaban J connectivity index is 1.45. The van der Waals surface area contributed by atoms with E-state index in [2.05, 4.69) is 25.0 Å². The molecule has 7 nitrogen and oxygen atoms in total. The molecule has 2 aromatic rings. The fraction of sp³-hybridized carbons (Fsp3) is 0.633. The van der Waals surface area contributed by atoms with E-state index in [1.165, 1.54) is 17.4 Å². The van der Waals surface area contributed by atoms with E-state index in [1.54, 1.807) is 12.1 Å². The van der Waals surface area contributed by atoms with Gasteiger partial charge in [-0.05, 0) is 78.5 Å². The minimum atomic E-state index is -1.45. The summed E-state index contributed by atoms with van der Waals surface area (Å²) in [6.45, 7) is 8.63. The zero-order valence-corrected chi connectivity index (χ0v) is 23.5. The molecule has 0 bridgehead atoms. The van der Waals surface area contributed by atoms with Gasteiger partial charge in [-0.15, -0.1) is 11.6 Å². The molecule has 0 aliphatic heterocycles. The van der Waals surface area contributed by atoms with Crippen molar-refractivity contribution in [2.45, 2.75) is 71.5 Å². The number of furan rings is 1. The standard InChI is InChI=1S/C30H37ClN2O5/c1-17-11-23-27(2)9-8-19-12-20-18(16-32-33(20)5)13-28(19,3)25(27)21(34)14-29(23,4)30(17,24(35)15-31)38-26(36)22-7-6-10-37-22/h6-7,10,12,16-17,21,23,25,34H,8-9,11,13-15H2,1-5H3/t17-,21+,23+,25?,27+,28+,29+,30+/m1/s1. The number of esters is 1. The van der Waals surface area contributed by atoms with Crippen LogP contribution in [0.1, 0.15) is 75.2 Å². The summed E-state index contributed by atoms with van der Waals surface area (Å²) in [5, 5.41) is 16.6. The molecule has 2 aromatic heterocycles. The van der Waals surface area contributed by atoms with Crippen molar-refractivity contribution in [3.63, 3.8) is 0 Å². The Morgan fingerprint density at radius 2 is 2.08 bits per heavy atom. The molecule has 38 heavy (non-hydrogen) atoms. The average Bonchev–Trinajstić information content (AvgIpc) is 3.57. The summed E-state index contributed by atoms with van der Waals surface area (Å²) in [5.41, 5.74) is 1.02. The first-order chi connectivity index (χ1) is 17.9. The Morgan fingerprint density at radius 1 is 1.32 bits per heavy atom. The Hall–Kier alpha value is -2.38. The number of nitrogens with zero attached hydrogens (tertiary/aromatic N) is 2. The Bertz CT molecular complexity index is 1330. The fourth-order valence-corrected chi connectivity index (χ4v) is 10.1. The number of allylic oxidation sites excluding steroid dienone is 1. The number of aliphatic hydroxyl groups excluding tert-OH is 1. The third kappa shape index (κ3) is 3.09. The number of aromatic nitrogens is 2. The van der Waals surface area contributed by atoms with Crippen molar-refractivity contribution in [3.05, 3.63) is 47.2 Å². The highest BCUT2D eigenvalue weighted by molar-refractivity contribution is 6.29. The molecule has 204 valence electrons. The van der Waals surface area contributed by atoms with Crippen molar-refractivity contribution in [2.75, 3.05) is 5.88 Å². The number of carbonyl (C=O) groups excluding carboxylic acids is 2. The number of fused-ring (bicyclic) bond motifs is 6. The maximum atomic E-state index is 13.8. The maximum Gasteiger partial charge on any atom is 0.375 e. The number of aliphatic hydroxyl groups is 1. The van der Waals surface area contributed by atoms with Gasteiger partial charge in [0.05, 0.1) is 30.1 Å². The molecular weight excluding hydrogens is 504 g/mol. The van der Waals surface area contributed by atoms with E-state index in [-0.39, 0.29) is 46.0 Å². The summed E-state index contributed by atoms with van der Waals surface area (Å²) in [6, 6.07) is 3.16. The lowest BCUT2D eigenvalue weighted by atomic mass is 9.40. The van der Waals surface area contributed by atoms with Crippen LogP contribution in [-0.4, -0.2) is 44.2 Å². The van der Waals surface area contributed by atoms with Crippen LogP contribution in [-0.2, 0) is 23.0 Å². The smallest absolute Gasteiger partial charge is 0.375 e. The summed E-state index contributed by atoms with van der Waals surface area (Å²) in [4.78, 5) is 27.0. The van der Waals surface area contributed by atoms with Crippen molar-refractivity contribution >= 4 is 29.4 Å². The van der Waals surface area contributed by atoms with E-state index < -0.39 is 23.1 Å². The second kappa shape index (κ2) is 8.31. The SMILES string of the molecule is C[C@@H]1C[C@@H]2[C@](C)(C[C@H](O)C3[C@@]4(C)Cc5cnn(C)c5C=C4CC[C@]32C)[C@@]1(OC(=O)c1ccco1)C(=O)CCl. The quantitative estimate of drug-likeness (QED) is 0.423. The van der Waals surface area contributed by atoms with Crippen LogP contribution in [0.25, 0.3) is 6.08 Å². The topological polar surface area (TPSA) is 94.6 Å². The maximum absolute atomic E-state index is 13.8. The van der Waals surface area contributed by atoms with Crippen LogP contribution in [0.3, 0.4) is 0 Å². The van der Waals surface area contributed by atoms with E-state index >= 15 is 0 Å². The van der Waals surface area contributed by atoms with Gasteiger partial charge in [0.15, 0.2) is 11.4 Å². The van der Waals surface area contributed by atoms with E-state index in [1.807, 2.05) is 31.8 Å². The molecule has 8 atom stereocenters. The summed E-state index contributed by atoms with van der Waals surface area (Å²) >= 11 is 6.22. The summed E-state index contributed by atoms with van der Waals surface area (Å²) in [6.07, 6.45) is 8.71. The van der Waals surface area contributed by atoms with Gasteiger partial charge in [0.25, 0.3) is 0 Å². The third-order valence-electron chi connectivity index (χ3n) is 11.2. The van der Waals surface area contributed by atoms with Crippen molar-refractivity contribution in [2.24, 2.45) is 41.0 Å². The molecule has 1 unspecified atom stereocenters. The molecule has 0 spiro atoms. The molecule has 0 aromatic carbocycles. The van der Waals surface area contributed by atoms with E-state index in [4.69, 9.17) is 20.8 Å². The number of hydrogen-bond acceptors (Lipinski definition) is 6. The Kier molecular flexibility index (Phi) is 5.66.